The van der Waals surface area contributed by atoms with Crippen LogP contribution in [-0.4, -0.2) is 66.6 Å². The number of nitrogens with zero attached hydrogens (tertiary/aromatic N) is 4. The van der Waals surface area contributed by atoms with Gasteiger partial charge in [0.15, 0.2) is 0 Å². The first-order valence-corrected chi connectivity index (χ1v) is 12.7. The number of amides is 3. The van der Waals surface area contributed by atoms with Gasteiger partial charge in [-0.25, -0.2) is 14.7 Å². The van der Waals surface area contributed by atoms with Crippen molar-refractivity contribution in [2.75, 3.05) is 43.2 Å². The number of hydrogen-bond donors (Lipinski definition) is 1. The number of pyridine rings is 2. The van der Waals surface area contributed by atoms with Crippen LogP contribution in [0.1, 0.15) is 5.56 Å². The van der Waals surface area contributed by atoms with Crippen molar-refractivity contribution in [1.82, 2.24) is 15.3 Å². The highest BCUT2D eigenvalue weighted by atomic mass is 35.5. The van der Waals surface area contributed by atoms with E-state index >= 15 is 0 Å². The van der Waals surface area contributed by atoms with E-state index in [2.05, 4.69) is 15.2 Å². The molecular formula is C25H22ClN5O4S. The lowest BCUT2D eigenvalue weighted by Gasteiger charge is -2.33. The van der Waals surface area contributed by atoms with Crippen molar-refractivity contribution in [2.24, 2.45) is 0 Å². The van der Waals surface area contributed by atoms with E-state index in [1.54, 1.807) is 25.4 Å². The van der Waals surface area contributed by atoms with E-state index in [1.807, 2.05) is 24.3 Å². The third-order valence-corrected chi connectivity index (χ3v) is 8.14. The summed E-state index contributed by atoms with van der Waals surface area (Å²) in [5.74, 6) is 1.10. The minimum absolute atomic E-state index is 0.327. The highest BCUT2D eigenvalue weighted by Gasteiger charge is 2.46. The summed E-state index contributed by atoms with van der Waals surface area (Å²) in [7, 11) is 1.58. The van der Waals surface area contributed by atoms with Crippen molar-refractivity contribution >= 4 is 62.6 Å². The highest BCUT2D eigenvalue weighted by Crippen LogP contribution is 2.45. The van der Waals surface area contributed by atoms with Crippen LogP contribution in [0.4, 0.5) is 16.3 Å². The number of carbonyl (C=O) groups is 2. The van der Waals surface area contributed by atoms with Crippen LogP contribution in [0.25, 0.3) is 15.8 Å². The lowest BCUT2D eigenvalue weighted by molar-refractivity contribution is -0.118. The third-order valence-electron chi connectivity index (χ3n) is 6.45. The number of hydrogen-bond acceptors (Lipinski definition) is 8. The predicted octanol–water partition coefficient (Wildman–Crippen LogP) is 3.71. The summed E-state index contributed by atoms with van der Waals surface area (Å²) in [6, 6.07) is 8.23. The Morgan fingerprint density at radius 2 is 2.00 bits per heavy atom. The van der Waals surface area contributed by atoms with Crippen LogP contribution in [0.3, 0.4) is 0 Å². The van der Waals surface area contributed by atoms with Crippen molar-refractivity contribution in [1.29, 1.82) is 0 Å². The van der Waals surface area contributed by atoms with Crippen LogP contribution >= 0.6 is 23.4 Å². The average molecular weight is 524 g/mol. The van der Waals surface area contributed by atoms with Crippen molar-refractivity contribution in [3.8, 4) is 5.75 Å². The van der Waals surface area contributed by atoms with E-state index in [0.717, 1.165) is 39.7 Å². The van der Waals surface area contributed by atoms with Gasteiger partial charge in [-0.3, -0.25) is 9.78 Å². The molecule has 9 nitrogen and oxygen atoms in total. The summed E-state index contributed by atoms with van der Waals surface area (Å²) in [6.07, 6.45) is 5.07. The van der Waals surface area contributed by atoms with Gasteiger partial charge in [0, 0.05) is 40.2 Å². The molecule has 3 aliphatic heterocycles. The molecule has 3 amide bonds. The fraction of sp³-hybridized carbons (Fsp3) is 0.280. The monoisotopic (exact) mass is 523 g/mol. The van der Waals surface area contributed by atoms with Gasteiger partial charge in [0.05, 0.1) is 38.2 Å². The molecule has 1 N–H and O–H groups in total. The molecule has 2 unspecified atom stereocenters. The number of anilines is 2. The van der Waals surface area contributed by atoms with Gasteiger partial charge in [0.2, 0.25) is 0 Å². The maximum atomic E-state index is 13.7. The number of ether oxygens (including phenoxy) is 2. The van der Waals surface area contributed by atoms with Crippen molar-refractivity contribution in [3.63, 3.8) is 0 Å². The zero-order valence-electron chi connectivity index (χ0n) is 19.3. The number of benzene rings is 1. The number of rotatable bonds is 4. The number of imide groups is 1. The van der Waals surface area contributed by atoms with E-state index in [1.165, 1.54) is 18.0 Å². The normalized spacial score (nSPS) is 21.9. The number of thioether (sulfide) groups is 1. The number of halogens is 1. The largest absolute Gasteiger partial charge is 0.497 e. The summed E-state index contributed by atoms with van der Waals surface area (Å²) in [5, 5.41) is 3.70. The lowest BCUT2D eigenvalue weighted by Crippen LogP contribution is -2.60. The molecule has 2 saturated heterocycles. The zero-order chi connectivity index (χ0) is 24.8. The topological polar surface area (TPSA) is 96.9 Å². The predicted molar refractivity (Wildman–Crippen MR) is 140 cm³/mol. The van der Waals surface area contributed by atoms with Crippen LogP contribution < -0.4 is 19.9 Å². The van der Waals surface area contributed by atoms with Crippen molar-refractivity contribution < 1.29 is 19.1 Å². The molecule has 0 bridgehead atoms. The van der Waals surface area contributed by atoms with Gasteiger partial charge in [0.1, 0.15) is 22.3 Å². The fourth-order valence-electron chi connectivity index (χ4n) is 4.61. The Morgan fingerprint density at radius 3 is 2.81 bits per heavy atom. The highest BCUT2D eigenvalue weighted by molar-refractivity contribution is 8.09. The Bertz CT molecular complexity index is 1410. The summed E-state index contributed by atoms with van der Waals surface area (Å²) < 4.78 is 10.8. The first-order valence-electron chi connectivity index (χ1n) is 11.5. The van der Waals surface area contributed by atoms with Crippen LogP contribution in [0, 0.1) is 0 Å². The number of morpholine rings is 1. The third kappa shape index (κ3) is 3.95. The number of aromatic nitrogens is 2. The lowest BCUT2D eigenvalue weighted by atomic mass is 10.1. The molecule has 36 heavy (non-hydrogen) atoms. The first-order chi connectivity index (χ1) is 17.5. The second-order valence-electron chi connectivity index (χ2n) is 8.56. The minimum atomic E-state index is -0.544. The maximum absolute atomic E-state index is 13.7. The average Bonchev–Trinajstić information content (AvgIpc) is 3.33. The zero-order valence-corrected chi connectivity index (χ0v) is 20.9. The molecule has 0 spiro atoms. The van der Waals surface area contributed by atoms with Crippen LogP contribution in [0.15, 0.2) is 48.8 Å². The Labute approximate surface area is 216 Å². The van der Waals surface area contributed by atoms with E-state index in [-0.39, 0.29) is 5.91 Å². The molecule has 1 aromatic carbocycles. The summed E-state index contributed by atoms with van der Waals surface area (Å²) >= 11 is 7.82. The van der Waals surface area contributed by atoms with E-state index in [0.29, 0.717) is 35.2 Å². The molecule has 2 fully saturated rings. The number of urea groups is 1. The fourth-order valence-corrected chi connectivity index (χ4v) is 6.18. The van der Waals surface area contributed by atoms with Crippen molar-refractivity contribution in [3.05, 3.63) is 59.4 Å². The molecule has 11 heteroatoms. The van der Waals surface area contributed by atoms with Gasteiger partial charge >= 0.3 is 6.03 Å². The second kappa shape index (κ2) is 9.27. The smallest absolute Gasteiger partial charge is 0.329 e. The molecule has 2 aromatic heterocycles. The van der Waals surface area contributed by atoms with E-state index in [4.69, 9.17) is 26.1 Å². The summed E-state index contributed by atoms with van der Waals surface area (Å²) in [5.41, 5.74) is 1.66. The summed E-state index contributed by atoms with van der Waals surface area (Å²) in [4.78, 5) is 40.1. The van der Waals surface area contributed by atoms with Crippen LogP contribution in [0.2, 0.25) is 5.02 Å². The molecular weight excluding hydrogens is 502 g/mol. The van der Waals surface area contributed by atoms with E-state index < -0.39 is 17.3 Å². The molecule has 3 aliphatic rings. The van der Waals surface area contributed by atoms with E-state index in [9.17, 15) is 9.59 Å². The van der Waals surface area contributed by atoms with Gasteiger partial charge in [0.25, 0.3) is 5.91 Å². The number of carbonyl (C=O) groups excluding carboxylic acids is 2. The van der Waals surface area contributed by atoms with Gasteiger partial charge in [-0.1, -0.05) is 11.6 Å². The summed E-state index contributed by atoms with van der Waals surface area (Å²) in [6.45, 7) is 2.71. The SMILES string of the molecule is COc1ccc(Cl)c(C2=CC3NC(=O)N(c4cncc5ccc(N6CCOCC6)nc45)C(=O)C3S2)c1. The number of methoxy groups -OCH3 is 1. The Morgan fingerprint density at radius 1 is 1.17 bits per heavy atom. The van der Waals surface area contributed by atoms with Crippen LogP contribution in [-0.2, 0) is 9.53 Å². The van der Waals surface area contributed by atoms with Gasteiger partial charge in [-0.2, -0.15) is 0 Å². The molecule has 2 atom stereocenters. The Kier molecular flexibility index (Phi) is 5.94. The molecule has 3 aromatic rings. The molecule has 0 aliphatic carbocycles. The Balaban J connectivity index is 1.33. The molecule has 0 radical (unpaired) electrons. The van der Waals surface area contributed by atoms with Gasteiger partial charge in [-0.15, -0.1) is 11.8 Å². The minimum Gasteiger partial charge on any atom is -0.497 e. The standard InChI is InChI=1S/C25H22ClN5O4S/c1-34-15-3-4-17(26)16(10-15)20-11-18-23(36-20)24(32)31(25(33)28-18)19-13-27-12-14-2-5-21(29-22(14)19)30-6-8-35-9-7-30/h2-5,10-13,18,23H,6-9H2,1H3,(H,28,33). The molecule has 5 heterocycles. The second-order valence-corrected chi connectivity index (χ2v) is 10.2. The maximum Gasteiger partial charge on any atom is 0.329 e. The number of fused-ring (bicyclic) bond motifs is 2. The molecule has 0 saturated carbocycles. The number of nitrogens with one attached hydrogen (secondary N) is 1. The van der Waals surface area contributed by atoms with Crippen LogP contribution in [0.5, 0.6) is 5.75 Å². The Hall–Kier alpha value is -3.34. The van der Waals surface area contributed by atoms with Gasteiger partial charge in [-0.05, 0) is 36.4 Å². The quantitative estimate of drug-likeness (QED) is 0.553. The first kappa shape index (κ1) is 23.1. The molecule has 6 rings (SSSR count). The molecule has 184 valence electrons. The van der Waals surface area contributed by atoms with Crippen molar-refractivity contribution in [2.45, 2.75) is 11.3 Å². The van der Waals surface area contributed by atoms with Gasteiger partial charge < -0.3 is 19.7 Å².